The minimum absolute atomic E-state index is 0.102. The van der Waals surface area contributed by atoms with E-state index in [0.29, 0.717) is 17.8 Å². The van der Waals surface area contributed by atoms with Gasteiger partial charge in [0.25, 0.3) is 10.0 Å². The van der Waals surface area contributed by atoms with Gasteiger partial charge in [0, 0.05) is 6.54 Å². The summed E-state index contributed by atoms with van der Waals surface area (Å²) in [5.74, 6) is -1.79. The van der Waals surface area contributed by atoms with Crippen LogP contribution in [0.2, 0.25) is 0 Å². The summed E-state index contributed by atoms with van der Waals surface area (Å²) < 4.78 is 33.0. The van der Waals surface area contributed by atoms with E-state index in [2.05, 4.69) is 10.0 Å². The fourth-order valence-electron chi connectivity index (χ4n) is 2.52. The van der Waals surface area contributed by atoms with Crippen molar-refractivity contribution in [2.75, 3.05) is 23.2 Å². The third-order valence-corrected chi connectivity index (χ3v) is 5.26. The second kappa shape index (κ2) is 8.75. The Bertz CT molecular complexity index is 1000. The van der Waals surface area contributed by atoms with E-state index in [1.165, 1.54) is 24.3 Å². The average Bonchev–Trinajstić information content (AvgIpc) is 2.63. The van der Waals surface area contributed by atoms with E-state index < -0.39 is 22.0 Å². The van der Waals surface area contributed by atoms with Crippen LogP contribution in [0.5, 0.6) is 0 Å². The molecule has 0 fully saturated rings. The molecule has 0 saturated carbocycles. The third kappa shape index (κ3) is 4.80. The first-order chi connectivity index (χ1) is 13.2. The molecule has 3 N–H and O–H groups in total. The van der Waals surface area contributed by atoms with E-state index in [1.807, 2.05) is 6.92 Å². The largest absolute Gasteiger partial charge is 0.478 e. The van der Waals surface area contributed by atoms with E-state index in [-0.39, 0.29) is 28.3 Å². The van der Waals surface area contributed by atoms with Crippen molar-refractivity contribution in [2.45, 2.75) is 25.7 Å². The number of hydrogen-bond acceptors (Lipinski definition) is 6. The lowest BCUT2D eigenvalue weighted by molar-refractivity contribution is 0.0526. The molecule has 2 rings (SSSR count). The van der Waals surface area contributed by atoms with E-state index in [1.54, 1.807) is 19.9 Å². The molecule has 0 unspecified atom stereocenters. The zero-order valence-electron chi connectivity index (χ0n) is 15.8. The van der Waals surface area contributed by atoms with Gasteiger partial charge < -0.3 is 15.2 Å². The van der Waals surface area contributed by atoms with Crippen molar-refractivity contribution in [3.05, 3.63) is 53.1 Å². The van der Waals surface area contributed by atoms with Crippen molar-refractivity contribution < 1.29 is 27.9 Å². The van der Waals surface area contributed by atoms with Crippen LogP contribution in [0.25, 0.3) is 0 Å². The van der Waals surface area contributed by atoms with Gasteiger partial charge in [0.1, 0.15) is 0 Å². The summed E-state index contributed by atoms with van der Waals surface area (Å²) in [6, 6.07) is 8.33. The lowest BCUT2D eigenvalue weighted by Gasteiger charge is -2.15. The number of carbonyl (C=O) groups excluding carboxylic acids is 1. The molecule has 0 bridgehead atoms. The van der Waals surface area contributed by atoms with Crippen LogP contribution in [0, 0.1) is 6.92 Å². The van der Waals surface area contributed by atoms with Gasteiger partial charge in [-0.1, -0.05) is 6.07 Å². The molecule has 0 aliphatic carbocycles. The van der Waals surface area contributed by atoms with Crippen molar-refractivity contribution >= 4 is 33.3 Å². The second-order valence-corrected chi connectivity index (χ2v) is 7.58. The first kappa shape index (κ1) is 21.2. The number of carboxylic acids is 1. The topological polar surface area (TPSA) is 122 Å². The Morgan fingerprint density at radius 2 is 1.79 bits per heavy atom. The van der Waals surface area contributed by atoms with E-state index >= 15 is 0 Å². The van der Waals surface area contributed by atoms with Crippen LogP contribution in [0.4, 0.5) is 11.4 Å². The predicted molar refractivity (Wildman–Crippen MR) is 106 cm³/mol. The molecule has 8 nitrogen and oxygen atoms in total. The number of nitrogens with one attached hydrogen (secondary N) is 2. The zero-order chi connectivity index (χ0) is 20.9. The highest BCUT2D eigenvalue weighted by Crippen LogP contribution is 2.27. The number of benzene rings is 2. The molecule has 9 heteroatoms. The van der Waals surface area contributed by atoms with Gasteiger partial charge in [0.05, 0.1) is 34.0 Å². The van der Waals surface area contributed by atoms with Crippen LogP contribution in [0.1, 0.15) is 40.1 Å². The van der Waals surface area contributed by atoms with Crippen molar-refractivity contribution in [1.82, 2.24) is 0 Å². The molecule has 2 aromatic carbocycles. The van der Waals surface area contributed by atoms with Gasteiger partial charge in [-0.15, -0.1) is 0 Å². The van der Waals surface area contributed by atoms with Gasteiger partial charge in [-0.05, 0) is 56.7 Å². The SMILES string of the molecule is CCNc1ccc(C(=O)OCC)cc1NS(=O)(=O)c1ccc(C)c(C(=O)O)c1. The number of anilines is 2. The minimum atomic E-state index is -4.09. The molecule has 150 valence electrons. The van der Waals surface area contributed by atoms with Gasteiger partial charge >= 0.3 is 11.9 Å². The van der Waals surface area contributed by atoms with Crippen LogP contribution >= 0.6 is 0 Å². The number of hydrogen-bond donors (Lipinski definition) is 3. The lowest BCUT2D eigenvalue weighted by Crippen LogP contribution is -2.16. The summed E-state index contributed by atoms with van der Waals surface area (Å²) in [5.41, 5.74) is 1.17. The van der Waals surface area contributed by atoms with E-state index in [4.69, 9.17) is 4.74 Å². The highest BCUT2D eigenvalue weighted by Gasteiger charge is 2.20. The van der Waals surface area contributed by atoms with Crippen molar-refractivity contribution in [1.29, 1.82) is 0 Å². The van der Waals surface area contributed by atoms with Crippen LogP contribution in [-0.4, -0.2) is 38.6 Å². The number of carbonyl (C=O) groups is 2. The Morgan fingerprint density at radius 3 is 2.39 bits per heavy atom. The third-order valence-electron chi connectivity index (χ3n) is 3.89. The normalized spacial score (nSPS) is 11.0. The van der Waals surface area contributed by atoms with E-state index in [9.17, 15) is 23.1 Å². The van der Waals surface area contributed by atoms with Crippen LogP contribution in [0.3, 0.4) is 0 Å². The first-order valence-corrected chi connectivity index (χ1v) is 10.1. The molecule has 0 aliphatic rings. The Balaban J connectivity index is 2.47. The Morgan fingerprint density at radius 1 is 1.07 bits per heavy atom. The highest BCUT2D eigenvalue weighted by atomic mass is 32.2. The smallest absolute Gasteiger partial charge is 0.338 e. The number of aryl methyl sites for hydroxylation is 1. The number of ether oxygens (including phenoxy) is 1. The summed E-state index contributed by atoms with van der Waals surface area (Å²) in [7, 11) is -4.09. The standard InChI is InChI=1S/C19H22N2O6S/c1-4-20-16-9-7-13(19(24)27-5-2)10-17(16)21-28(25,26)14-8-6-12(3)15(11-14)18(22)23/h6-11,20-21H,4-5H2,1-3H3,(H,22,23). The zero-order valence-corrected chi connectivity index (χ0v) is 16.6. The number of carboxylic acid groups (broad SMARTS) is 1. The maximum absolute atomic E-state index is 12.8. The fourth-order valence-corrected chi connectivity index (χ4v) is 3.61. The van der Waals surface area contributed by atoms with Gasteiger partial charge in [-0.25, -0.2) is 18.0 Å². The molecule has 0 aromatic heterocycles. The molecule has 2 aromatic rings. The predicted octanol–water partition coefficient (Wildman–Crippen LogP) is 3.10. The number of aromatic carboxylic acids is 1. The number of sulfonamides is 1. The van der Waals surface area contributed by atoms with Gasteiger partial charge in [0.15, 0.2) is 0 Å². The fraction of sp³-hybridized carbons (Fsp3) is 0.263. The van der Waals surface area contributed by atoms with Crippen molar-refractivity contribution in [3.8, 4) is 0 Å². The molecular formula is C19H22N2O6S. The summed E-state index contributed by atoms with van der Waals surface area (Å²) >= 11 is 0. The Labute approximate surface area is 163 Å². The molecule has 0 aliphatic heterocycles. The van der Waals surface area contributed by atoms with Crippen molar-refractivity contribution in [3.63, 3.8) is 0 Å². The average molecular weight is 406 g/mol. The summed E-state index contributed by atoms with van der Waals surface area (Å²) in [6.45, 7) is 5.82. The molecule has 0 amide bonds. The summed E-state index contributed by atoms with van der Waals surface area (Å²) in [4.78, 5) is 23.1. The molecule has 0 atom stereocenters. The summed E-state index contributed by atoms with van der Waals surface area (Å²) in [6.07, 6.45) is 0. The first-order valence-electron chi connectivity index (χ1n) is 8.61. The quantitative estimate of drug-likeness (QED) is 0.576. The monoisotopic (exact) mass is 406 g/mol. The Hall–Kier alpha value is -3.07. The Kier molecular flexibility index (Phi) is 6.63. The van der Waals surface area contributed by atoms with Gasteiger partial charge in [-0.2, -0.15) is 0 Å². The lowest BCUT2D eigenvalue weighted by atomic mass is 10.1. The number of esters is 1. The van der Waals surface area contributed by atoms with Crippen LogP contribution in [-0.2, 0) is 14.8 Å². The maximum atomic E-state index is 12.8. The van der Waals surface area contributed by atoms with Crippen LogP contribution in [0.15, 0.2) is 41.3 Å². The highest BCUT2D eigenvalue weighted by molar-refractivity contribution is 7.92. The molecule has 28 heavy (non-hydrogen) atoms. The van der Waals surface area contributed by atoms with Crippen LogP contribution < -0.4 is 10.0 Å². The van der Waals surface area contributed by atoms with Gasteiger partial charge in [0.2, 0.25) is 0 Å². The molecular weight excluding hydrogens is 384 g/mol. The number of rotatable bonds is 8. The minimum Gasteiger partial charge on any atom is -0.478 e. The molecule has 0 heterocycles. The molecule has 0 spiro atoms. The molecule has 0 radical (unpaired) electrons. The van der Waals surface area contributed by atoms with Gasteiger partial charge in [-0.3, -0.25) is 4.72 Å². The maximum Gasteiger partial charge on any atom is 0.338 e. The molecule has 0 saturated heterocycles. The summed E-state index contributed by atoms with van der Waals surface area (Å²) in [5, 5.41) is 12.2. The van der Waals surface area contributed by atoms with Crippen molar-refractivity contribution in [2.24, 2.45) is 0 Å². The van der Waals surface area contributed by atoms with E-state index in [0.717, 1.165) is 6.07 Å². The second-order valence-electron chi connectivity index (χ2n) is 5.90.